The maximum atomic E-state index is 12.3. The van der Waals surface area contributed by atoms with E-state index in [4.69, 9.17) is 4.74 Å². The van der Waals surface area contributed by atoms with Crippen LogP contribution < -0.4 is 5.32 Å². The number of methoxy groups -OCH3 is 1. The Morgan fingerprint density at radius 2 is 1.94 bits per heavy atom. The molecular formula is C15H25NO2. The quantitative estimate of drug-likeness (QED) is 0.783. The normalized spacial score (nSPS) is 36.3. The molecule has 1 N–H and O–H groups in total. The van der Waals surface area contributed by atoms with Gasteiger partial charge < -0.3 is 10.1 Å². The van der Waals surface area contributed by atoms with Crippen molar-refractivity contribution in [3.63, 3.8) is 0 Å². The third-order valence-electron chi connectivity index (χ3n) is 4.42. The zero-order valence-corrected chi connectivity index (χ0v) is 11.5. The van der Waals surface area contributed by atoms with E-state index in [0.29, 0.717) is 5.92 Å². The van der Waals surface area contributed by atoms with Gasteiger partial charge in [0.2, 0.25) is 5.91 Å². The molecule has 0 unspecified atom stereocenters. The van der Waals surface area contributed by atoms with E-state index in [1.54, 1.807) is 7.11 Å². The van der Waals surface area contributed by atoms with Gasteiger partial charge in [-0.15, -0.1) is 0 Å². The average molecular weight is 251 g/mol. The summed E-state index contributed by atoms with van der Waals surface area (Å²) >= 11 is 0. The number of hydrogen-bond donors (Lipinski definition) is 1. The average Bonchev–Trinajstić information content (AvgIpc) is 2.39. The molecule has 3 heteroatoms. The van der Waals surface area contributed by atoms with Gasteiger partial charge in [0.15, 0.2) is 0 Å². The second-order valence-electron chi connectivity index (χ2n) is 5.70. The molecule has 4 atom stereocenters. The zero-order valence-electron chi connectivity index (χ0n) is 11.5. The predicted octanol–water partition coefficient (Wildman–Crippen LogP) is 2.66. The van der Waals surface area contributed by atoms with Gasteiger partial charge in [0.1, 0.15) is 0 Å². The number of carbonyl (C=O) groups is 1. The minimum atomic E-state index is 0.148. The van der Waals surface area contributed by atoms with Crippen molar-refractivity contribution in [1.29, 1.82) is 0 Å². The van der Waals surface area contributed by atoms with E-state index in [-0.39, 0.29) is 24.0 Å². The minimum absolute atomic E-state index is 0.148. The summed E-state index contributed by atoms with van der Waals surface area (Å²) in [5.74, 6) is 0.829. The molecule has 102 valence electrons. The molecule has 2 rings (SSSR count). The van der Waals surface area contributed by atoms with Crippen molar-refractivity contribution in [2.75, 3.05) is 7.11 Å². The summed E-state index contributed by atoms with van der Waals surface area (Å²) in [6.45, 7) is 2.17. The fourth-order valence-corrected chi connectivity index (χ4v) is 3.15. The van der Waals surface area contributed by atoms with Crippen molar-refractivity contribution >= 4 is 5.91 Å². The molecule has 2 aliphatic carbocycles. The van der Waals surface area contributed by atoms with Gasteiger partial charge >= 0.3 is 0 Å². The lowest BCUT2D eigenvalue weighted by molar-refractivity contribution is -0.128. The molecule has 2 aliphatic rings. The maximum Gasteiger partial charge on any atom is 0.224 e. The molecule has 1 saturated carbocycles. The van der Waals surface area contributed by atoms with Crippen LogP contribution >= 0.6 is 0 Å². The second-order valence-corrected chi connectivity index (χ2v) is 5.70. The van der Waals surface area contributed by atoms with Crippen molar-refractivity contribution in [1.82, 2.24) is 5.32 Å². The van der Waals surface area contributed by atoms with Crippen LogP contribution in [0.1, 0.15) is 45.4 Å². The third-order valence-corrected chi connectivity index (χ3v) is 4.42. The fourth-order valence-electron chi connectivity index (χ4n) is 3.15. The summed E-state index contributed by atoms with van der Waals surface area (Å²) in [7, 11) is 1.75. The Morgan fingerprint density at radius 1 is 1.22 bits per heavy atom. The number of nitrogens with one attached hydrogen (secondary N) is 1. The first-order chi connectivity index (χ1) is 8.72. The van der Waals surface area contributed by atoms with Crippen LogP contribution in [-0.2, 0) is 9.53 Å². The van der Waals surface area contributed by atoms with Gasteiger partial charge in [-0.25, -0.2) is 0 Å². The first-order valence-electron chi connectivity index (χ1n) is 7.20. The fraction of sp³-hybridized carbons (Fsp3) is 0.800. The van der Waals surface area contributed by atoms with Crippen molar-refractivity contribution in [3.8, 4) is 0 Å². The van der Waals surface area contributed by atoms with Crippen molar-refractivity contribution < 1.29 is 9.53 Å². The van der Waals surface area contributed by atoms with E-state index in [9.17, 15) is 4.79 Å². The van der Waals surface area contributed by atoms with Crippen LogP contribution in [0.4, 0.5) is 0 Å². The molecule has 0 aliphatic heterocycles. The highest BCUT2D eigenvalue weighted by atomic mass is 16.5. The Bertz CT molecular complexity index is 314. The van der Waals surface area contributed by atoms with Gasteiger partial charge in [-0.2, -0.15) is 0 Å². The number of ether oxygens (including phenoxy) is 1. The topological polar surface area (TPSA) is 38.3 Å². The molecule has 0 spiro atoms. The van der Waals surface area contributed by atoms with Crippen LogP contribution in [-0.4, -0.2) is 25.2 Å². The highest BCUT2D eigenvalue weighted by Gasteiger charge is 2.31. The van der Waals surface area contributed by atoms with E-state index < -0.39 is 0 Å². The zero-order chi connectivity index (χ0) is 13.0. The molecular weight excluding hydrogens is 226 g/mol. The van der Waals surface area contributed by atoms with E-state index in [1.165, 1.54) is 12.8 Å². The lowest BCUT2D eigenvalue weighted by Gasteiger charge is -2.33. The Balaban J connectivity index is 1.91. The number of amides is 1. The highest BCUT2D eigenvalue weighted by Crippen LogP contribution is 2.26. The number of carbonyl (C=O) groups excluding carboxylic acids is 1. The summed E-state index contributed by atoms with van der Waals surface area (Å²) in [4.78, 5) is 12.3. The molecule has 0 saturated heterocycles. The highest BCUT2D eigenvalue weighted by molar-refractivity contribution is 5.79. The number of rotatable bonds is 3. The minimum Gasteiger partial charge on any atom is -0.379 e. The lowest BCUT2D eigenvalue weighted by Crippen LogP contribution is -2.48. The smallest absolute Gasteiger partial charge is 0.224 e. The van der Waals surface area contributed by atoms with Crippen molar-refractivity contribution in [3.05, 3.63) is 12.2 Å². The summed E-state index contributed by atoms with van der Waals surface area (Å²) in [6.07, 6.45) is 11.0. The van der Waals surface area contributed by atoms with Crippen LogP contribution in [0.3, 0.4) is 0 Å². The van der Waals surface area contributed by atoms with E-state index in [0.717, 1.165) is 25.7 Å². The molecule has 0 heterocycles. The lowest BCUT2D eigenvalue weighted by atomic mass is 9.83. The molecule has 0 radical (unpaired) electrons. The largest absolute Gasteiger partial charge is 0.379 e. The first kappa shape index (κ1) is 13.6. The van der Waals surface area contributed by atoms with E-state index in [1.807, 2.05) is 0 Å². The Kier molecular flexibility index (Phi) is 4.81. The van der Waals surface area contributed by atoms with Gasteiger partial charge in [0, 0.05) is 13.0 Å². The van der Waals surface area contributed by atoms with Crippen molar-refractivity contribution in [2.24, 2.45) is 11.8 Å². The molecule has 1 amide bonds. The molecule has 0 aromatic heterocycles. The summed E-state index contributed by atoms with van der Waals surface area (Å²) in [6, 6.07) is 0.217. The van der Waals surface area contributed by atoms with Gasteiger partial charge in [-0.05, 0) is 31.6 Å². The SMILES string of the molecule is CO[C@@H]1CCCC[C@@H]1NC(=O)[C@@H]1CC=CC[C@H]1C. The monoisotopic (exact) mass is 251 g/mol. The van der Waals surface area contributed by atoms with Gasteiger partial charge in [-0.3, -0.25) is 4.79 Å². The van der Waals surface area contributed by atoms with Crippen LogP contribution in [0.15, 0.2) is 12.2 Å². The Hall–Kier alpha value is -0.830. The van der Waals surface area contributed by atoms with Gasteiger partial charge in [0.25, 0.3) is 0 Å². The standard InChI is InChI=1S/C15H25NO2/c1-11-7-3-4-8-12(11)15(17)16-13-9-5-6-10-14(13)18-2/h3-4,11-14H,5-10H2,1-2H3,(H,16,17)/t11-,12-,13+,14-/m1/s1. The Labute approximate surface area is 110 Å². The van der Waals surface area contributed by atoms with Crippen LogP contribution in [0.25, 0.3) is 0 Å². The van der Waals surface area contributed by atoms with Crippen molar-refractivity contribution in [2.45, 2.75) is 57.6 Å². The first-order valence-corrected chi connectivity index (χ1v) is 7.20. The number of allylic oxidation sites excluding steroid dienone is 2. The molecule has 0 bridgehead atoms. The van der Waals surface area contributed by atoms with Crippen LogP contribution in [0.2, 0.25) is 0 Å². The number of hydrogen-bond acceptors (Lipinski definition) is 2. The van der Waals surface area contributed by atoms with E-state index >= 15 is 0 Å². The predicted molar refractivity (Wildman–Crippen MR) is 72.2 cm³/mol. The summed E-state index contributed by atoms with van der Waals surface area (Å²) in [5, 5.41) is 3.22. The van der Waals surface area contributed by atoms with Gasteiger partial charge in [0.05, 0.1) is 12.1 Å². The molecule has 0 aromatic carbocycles. The molecule has 1 fully saturated rings. The Morgan fingerprint density at radius 3 is 2.67 bits per heavy atom. The van der Waals surface area contributed by atoms with Gasteiger partial charge in [-0.1, -0.05) is 31.9 Å². The van der Waals surface area contributed by atoms with E-state index in [2.05, 4.69) is 24.4 Å². The van der Waals surface area contributed by atoms with Crippen LogP contribution in [0, 0.1) is 11.8 Å². The summed E-state index contributed by atoms with van der Waals surface area (Å²) in [5.41, 5.74) is 0. The summed E-state index contributed by atoms with van der Waals surface area (Å²) < 4.78 is 5.49. The van der Waals surface area contributed by atoms with Crippen LogP contribution in [0.5, 0.6) is 0 Å². The molecule has 0 aromatic rings. The third kappa shape index (κ3) is 3.14. The second kappa shape index (κ2) is 6.37. The molecule has 18 heavy (non-hydrogen) atoms. The maximum absolute atomic E-state index is 12.3. The molecule has 3 nitrogen and oxygen atoms in total.